The molecule has 0 aromatic heterocycles. The van der Waals surface area contributed by atoms with Gasteiger partial charge >= 0.3 is 0 Å². The van der Waals surface area contributed by atoms with Crippen molar-refractivity contribution in [2.45, 2.75) is 12.5 Å². The fraction of sp³-hybridized carbons (Fsp3) is 1.00. The van der Waals surface area contributed by atoms with E-state index >= 15 is 0 Å². The molecule has 3 nitrogen and oxygen atoms in total. The van der Waals surface area contributed by atoms with E-state index in [9.17, 15) is 5.11 Å². The SMILES string of the molecule is CN1CCN(C[C@](C)(O)CS)CC1. The first-order valence-corrected chi connectivity index (χ1v) is 5.41. The smallest absolute Gasteiger partial charge is 0.0833 e. The molecule has 0 saturated carbocycles. The predicted octanol–water partition coefficient (Wildman–Crippen LogP) is -0.0854. The minimum absolute atomic E-state index is 0.527. The van der Waals surface area contributed by atoms with Gasteiger partial charge in [-0.15, -0.1) is 0 Å². The zero-order valence-corrected chi connectivity index (χ0v) is 9.43. The van der Waals surface area contributed by atoms with Crippen LogP contribution in [0.2, 0.25) is 0 Å². The Labute approximate surface area is 86.1 Å². The van der Waals surface area contributed by atoms with Gasteiger partial charge in [-0.05, 0) is 14.0 Å². The number of nitrogens with zero attached hydrogens (tertiary/aromatic N) is 2. The predicted molar refractivity (Wildman–Crippen MR) is 58.4 cm³/mol. The number of piperazine rings is 1. The molecule has 0 radical (unpaired) electrons. The van der Waals surface area contributed by atoms with E-state index in [4.69, 9.17) is 0 Å². The summed E-state index contributed by atoms with van der Waals surface area (Å²) in [6.45, 7) is 6.90. The minimum atomic E-state index is -0.640. The summed E-state index contributed by atoms with van der Waals surface area (Å²) < 4.78 is 0. The van der Waals surface area contributed by atoms with Crippen LogP contribution in [0, 0.1) is 0 Å². The van der Waals surface area contributed by atoms with Crippen molar-refractivity contribution in [2.75, 3.05) is 45.5 Å². The third-order valence-electron chi connectivity index (χ3n) is 2.50. The number of thiol groups is 1. The van der Waals surface area contributed by atoms with Crippen LogP contribution in [0.15, 0.2) is 0 Å². The number of hydrogen-bond donors (Lipinski definition) is 2. The summed E-state index contributed by atoms with van der Waals surface area (Å²) in [5, 5.41) is 9.81. The van der Waals surface area contributed by atoms with Crippen molar-refractivity contribution in [3.05, 3.63) is 0 Å². The van der Waals surface area contributed by atoms with Crippen molar-refractivity contribution in [1.29, 1.82) is 0 Å². The average Bonchev–Trinajstić information content (AvgIpc) is 2.09. The lowest BCUT2D eigenvalue weighted by Crippen LogP contribution is -2.50. The Bertz CT molecular complexity index is 156. The largest absolute Gasteiger partial charge is 0.388 e. The Morgan fingerprint density at radius 3 is 2.31 bits per heavy atom. The number of aliphatic hydroxyl groups is 1. The van der Waals surface area contributed by atoms with Crippen LogP contribution < -0.4 is 0 Å². The van der Waals surface area contributed by atoms with Gasteiger partial charge in [-0.25, -0.2) is 0 Å². The molecule has 1 rings (SSSR count). The van der Waals surface area contributed by atoms with Crippen LogP contribution in [0.3, 0.4) is 0 Å². The molecule has 0 aromatic rings. The third kappa shape index (κ3) is 3.85. The molecule has 1 aliphatic heterocycles. The van der Waals surface area contributed by atoms with Gasteiger partial charge in [-0.3, -0.25) is 4.90 Å². The molecule has 1 N–H and O–H groups in total. The molecule has 0 unspecified atom stereocenters. The van der Waals surface area contributed by atoms with E-state index in [-0.39, 0.29) is 0 Å². The molecule has 13 heavy (non-hydrogen) atoms. The third-order valence-corrected chi connectivity index (χ3v) is 3.18. The first-order valence-electron chi connectivity index (χ1n) is 4.78. The number of likely N-dealkylation sites (N-methyl/N-ethyl adjacent to an activating group) is 1. The Morgan fingerprint density at radius 1 is 1.31 bits per heavy atom. The van der Waals surface area contributed by atoms with Crippen molar-refractivity contribution in [1.82, 2.24) is 9.80 Å². The van der Waals surface area contributed by atoms with E-state index in [1.807, 2.05) is 6.92 Å². The van der Waals surface area contributed by atoms with Gasteiger partial charge in [-0.2, -0.15) is 12.6 Å². The fourth-order valence-corrected chi connectivity index (χ4v) is 1.64. The van der Waals surface area contributed by atoms with Crippen molar-refractivity contribution in [3.8, 4) is 0 Å². The highest BCUT2D eigenvalue weighted by Gasteiger charge is 2.24. The first-order chi connectivity index (χ1) is 6.03. The van der Waals surface area contributed by atoms with Gasteiger partial charge in [0.25, 0.3) is 0 Å². The molecule has 1 heterocycles. The van der Waals surface area contributed by atoms with Crippen LogP contribution in [-0.4, -0.2) is 66.0 Å². The van der Waals surface area contributed by atoms with E-state index in [1.165, 1.54) is 0 Å². The molecule has 0 aliphatic carbocycles. The van der Waals surface area contributed by atoms with Crippen LogP contribution in [-0.2, 0) is 0 Å². The van der Waals surface area contributed by atoms with Crippen molar-refractivity contribution in [3.63, 3.8) is 0 Å². The maximum atomic E-state index is 9.81. The number of rotatable bonds is 3. The maximum absolute atomic E-state index is 9.81. The monoisotopic (exact) mass is 204 g/mol. The lowest BCUT2D eigenvalue weighted by atomic mass is 10.1. The van der Waals surface area contributed by atoms with Crippen LogP contribution in [0.4, 0.5) is 0 Å². The highest BCUT2D eigenvalue weighted by Crippen LogP contribution is 2.10. The average molecular weight is 204 g/mol. The molecule has 1 saturated heterocycles. The molecule has 0 amide bonds. The van der Waals surface area contributed by atoms with Gasteiger partial charge in [0.1, 0.15) is 0 Å². The van der Waals surface area contributed by atoms with Crippen LogP contribution in [0.25, 0.3) is 0 Å². The van der Waals surface area contributed by atoms with E-state index in [2.05, 4.69) is 29.5 Å². The van der Waals surface area contributed by atoms with Crippen molar-refractivity contribution >= 4 is 12.6 Å². The molecule has 0 bridgehead atoms. The molecule has 78 valence electrons. The van der Waals surface area contributed by atoms with Gasteiger partial charge < -0.3 is 10.0 Å². The lowest BCUT2D eigenvalue weighted by Gasteiger charge is -2.36. The molecule has 0 aromatic carbocycles. The Hall–Kier alpha value is 0.230. The van der Waals surface area contributed by atoms with Gasteiger partial charge in [0, 0.05) is 38.5 Å². The second-order valence-electron chi connectivity index (χ2n) is 4.23. The highest BCUT2D eigenvalue weighted by atomic mass is 32.1. The molecular formula is C9H20N2OS. The topological polar surface area (TPSA) is 26.7 Å². The lowest BCUT2D eigenvalue weighted by molar-refractivity contribution is 0.0249. The number of hydrogen-bond acceptors (Lipinski definition) is 4. The van der Waals surface area contributed by atoms with Gasteiger partial charge in [0.2, 0.25) is 0 Å². The zero-order chi connectivity index (χ0) is 9.90. The first kappa shape index (κ1) is 11.3. The number of β-amino-alcohol motifs (C(OH)–C–C–N with tert-alkyl or cyclic N) is 1. The maximum Gasteiger partial charge on any atom is 0.0833 e. The molecule has 1 aliphatic rings. The summed E-state index contributed by atoms with van der Waals surface area (Å²) in [6.07, 6.45) is 0. The molecule has 0 spiro atoms. The van der Waals surface area contributed by atoms with Gasteiger partial charge in [0.05, 0.1) is 5.60 Å². The van der Waals surface area contributed by atoms with Crippen LogP contribution in [0.5, 0.6) is 0 Å². The summed E-state index contributed by atoms with van der Waals surface area (Å²) in [6, 6.07) is 0. The Kier molecular flexibility index (Phi) is 4.04. The van der Waals surface area contributed by atoms with Crippen LogP contribution in [0.1, 0.15) is 6.92 Å². The quantitative estimate of drug-likeness (QED) is 0.629. The molecule has 4 heteroatoms. The summed E-state index contributed by atoms with van der Waals surface area (Å²) in [5.74, 6) is 0.527. The summed E-state index contributed by atoms with van der Waals surface area (Å²) >= 11 is 4.13. The standard InChI is InChI=1S/C9H20N2OS/c1-9(12,8-13)7-11-5-3-10(2)4-6-11/h12-13H,3-8H2,1-2H3/t9-/m0/s1. The molecular weight excluding hydrogens is 184 g/mol. The van der Waals surface area contributed by atoms with Crippen molar-refractivity contribution in [2.24, 2.45) is 0 Å². The fourth-order valence-electron chi connectivity index (χ4n) is 1.54. The van der Waals surface area contributed by atoms with E-state index in [0.717, 1.165) is 32.7 Å². The van der Waals surface area contributed by atoms with E-state index in [0.29, 0.717) is 5.75 Å². The highest BCUT2D eigenvalue weighted by molar-refractivity contribution is 7.80. The Balaban J connectivity index is 2.30. The summed E-state index contributed by atoms with van der Waals surface area (Å²) in [4.78, 5) is 4.61. The second-order valence-corrected chi connectivity index (χ2v) is 4.55. The van der Waals surface area contributed by atoms with Crippen molar-refractivity contribution < 1.29 is 5.11 Å². The molecule has 1 fully saturated rings. The van der Waals surface area contributed by atoms with E-state index in [1.54, 1.807) is 0 Å². The zero-order valence-electron chi connectivity index (χ0n) is 8.53. The van der Waals surface area contributed by atoms with Crippen LogP contribution >= 0.6 is 12.6 Å². The molecule has 1 atom stereocenters. The van der Waals surface area contributed by atoms with Gasteiger partial charge in [-0.1, -0.05) is 0 Å². The Morgan fingerprint density at radius 2 is 1.85 bits per heavy atom. The minimum Gasteiger partial charge on any atom is -0.388 e. The van der Waals surface area contributed by atoms with Gasteiger partial charge in [0.15, 0.2) is 0 Å². The second kappa shape index (κ2) is 4.64. The summed E-state index contributed by atoms with van der Waals surface area (Å²) in [7, 11) is 2.13. The summed E-state index contributed by atoms with van der Waals surface area (Å²) in [5.41, 5.74) is -0.640. The normalized spacial score (nSPS) is 25.8. The van der Waals surface area contributed by atoms with E-state index < -0.39 is 5.60 Å².